The van der Waals surface area contributed by atoms with E-state index in [2.05, 4.69) is 4.40 Å². The molecule has 0 atom stereocenters. The topological polar surface area (TPSA) is 119 Å². The minimum atomic E-state index is -4.10. The third-order valence-electron chi connectivity index (χ3n) is 2.10. The third-order valence-corrected chi connectivity index (χ3v) is 3.41. The molecule has 0 spiro atoms. The summed E-state index contributed by atoms with van der Waals surface area (Å²) in [4.78, 5) is 10.9. The van der Waals surface area contributed by atoms with Gasteiger partial charge in [0, 0.05) is 0 Å². The quantitative estimate of drug-likeness (QED) is 0.570. The fraction of sp³-hybridized carbons (Fsp3) is 0. The van der Waals surface area contributed by atoms with Crippen molar-refractivity contribution in [2.24, 2.45) is 10.1 Å². The van der Waals surface area contributed by atoms with Gasteiger partial charge >= 0.3 is 5.97 Å². The molecule has 0 unspecified atom stereocenters. The third kappa shape index (κ3) is 2.05. The van der Waals surface area contributed by atoms with E-state index in [1.807, 2.05) is 0 Å². The van der Waals surface area contributed by atoms with E-state index in [9.17, 15) is 18.3 Å². The first-order chi connectivity index (χ1) is 8.42. The summed E-state index contributed by atoms with van der Waals surface area (Å²) in [5.74, 6) is -1.64. The van der Waals surface area contributed by atoms with Crippen molar-refractivity contribution < 1.29 is 23.1 Å². The zero-order valence-corrected chi connectivity index (χ0v) is 9.72. The SMILES string of the molecule is NC1=C(C(=O)Oc2ccccc2O)S(=O)(=O)N=C1. The van der Waals surface area contributed by atoms with Crippen LogP contribution in [0.3, 0.4) is 0 Å². The van der Waals surface area contributed by atoms with E-state index in [-0.39, 0.29) is 17.2 Å². The maximum Gasteiger partial charge on any atom is 0.359 e. The van der Waals surface area contributed by atoms with Crippen LogP contribution < -0.4 is 10.5 Å². The molecule has 1 aromatic rings. The van der Waals surface area contributed by atoms with Gasteiger partial charge in [0.2, 0.25) is 0 Å². The first-order valence-electron chi connectivity index (χ1n) is 4.72. The van der Waals surface area contributed by atoms with Crippen LogP contribution in [0.2, 0.25) is 0 Å². The second-order valence-corrected chi connectivity index (χ2v) is 4.92. The van der Waals surface area contributed by atoms with Gasteiger partial charge in [-0.3, -0.25) is 0 Å². The molecule has 0 saturated carbocycles. The lowest BCUT2D eigenvalue weighted by atomic mass is 10.3. The highest BCUT2D eigenvalue weighted by atomic mass is 32.2. The Balaban J connectivity index is 2.31. The van der Waals surface area contributed by atoms with Gasteiger partial charge in [0.1, 0.15) is 0 Å². The number of hydrogen-bond acceptors (Lipinski definition) is 6. The van der Waals surface area contributed by atoms with Crippen molar-refractivity contribution in [1.29, 1.82) is 0 Å². The number of para-hydroxylation sites is 2. The Hall–Kier alpha value is -2.35. The maximum absolute atomic E-state index is 11.7. The highest BCUT2D eigenvalue weighted by Crippen LogP contribution is 2.27. The number of phenolic OH excluding ortho intramolecular Hbond substituents is 1. The van der Waals surface area contributed by atoms with E-state index >= 15 is 0 Å². The molecule has 7 nitrogen and oxygen atoms in total. The lowest BCUT2D eigenvalue weighted by Gasteiger charge is -2.06. The molecule has 1 aliphatic heterocycles. The minimum absolute atomic E-state index is 0.162. The number of aromatic hydroxyl groups is 1. The van der Waals surface area contributed by atoms with Crippen LogP contribution in [0.15, 0.2) is 39.3 Å². The van der Waals surface area contributed by atoms with Crippen molar-refractivity contribution in [3.63, 3.8) is 0 Å². The number of benzene rings is 1. The minimum Gasteiger partial charge on any atom is -0.504 e. The molecule has 0 aliphatic carbocycles. The van der Waals surface area contributed by atoms with E-state index in [4.69, 9.17) is 10.5 Å². The van der Waals surface area contributed by atoms with E-state index < -0.39 is 20.9 Å². The lowest BCUT2D eigenvalue weighted by molar-refractivity contribution is -0.129. The summed E-state index contributed by atoms with van der Waals surface area (Å²) in [6.07, 6.45) is 0.858. The Morgan fingerprint density at radius 1 is 1.33 bits per heavy atom. The van der Waals surface area contributed by atoms with E-state index in [1.54, 1.807) is 0 Å². The number of ether oxygens (including phenoxy) is 1. The predicted octanol–water partition coefficient (Wildman–Crippen LogP) is -0.118. The number of esters is 1. The van der Waals surface area contributed by atoms with Gasteiger partial charge in [-0.05, 0) is 12.1 Å². The van der Waals surface area contributed by atoms with Crippen molar-refractivity contribution >= 4 is 22.2 Å². The number of allylic oxidation sites excluding steroid dienone is 1. The lowest BCUT2D eigenvalue weighted by Crippen LogP contribution is -2.19. The summed E-state index contributed by atoms with van der Waals surface area (Å²) in [6, 6.07) is 5.64. The molecule has 3 N–H and O–H groups in total. The number of nitrogens with zero attached hydrogens (tertiary/aromatic N) is 1. The van der Waals surface area contributed by atoms with Gasteiger partial charge in [-0.1, -0.05) is 12.1 Å². The Labute approximate surface area is 102 Å². The molecule has 1 aliphatic rings. The van der Waals surface area contributed by atoms with Gasteiger partial charge in [-0.25, -0.2) is 4.79 Å². The van der Waals surface area contributed by atoms with Gasteiger partial charge in [-0.2, -0.15) is 12.8 Å². The smallest absolute Gasteiger partial charge is 0.359 e. The number of rotatable bonds is 2. The molecular formula is C10H8N2O5S. The van der Waals surface area contributed by atoms with E-state index in [1.165, 1.54) is 24.3 Å². The second kappa shape index (κ2) is 4.15. The van der Waals surface area contributed by atoms with Gasteiger partial charge in [0.25, 0.3) is 10.0 Å². The van der Waals surface area contributed by atoms with E-state index in [0.29, 0.717) is 0 Å². The largest absolute Gasteiger partial charge is 0.504 e. The molecule has 1 heterocycles. The second-order valence-electron chi connectivity index (χ2n) is 3.35. The highest BCUT2D eigenvalue weighted by molar-refractivity contribution is 7.95. The molecule has 0 radical (unpaired) electrons. The molecule has 0 saturated heterocycles. The molecule has 0 bridgehead atoms. The van der Waals surface area contributed by atoms with Crippen molar-refractivity contribution in [1.82, 2.24) is 0 Å². The summed E-state index contributed by atoms with van der Waals surface area (Å²) in [7, 11) is -4.10. The molecule has 8 heteroatoms. The van der Waals surface area contributed by atoms with Crippen LogP contribution in [0.25, 0.3) is 0 Å². The number of nitrogens with two attached hydrogens (primary N) is 1. The first-order valence-corrected chi connectivity index (χ1v) is 6.16. The van der Waals surface area contributed by atoms with E-state index in [0.717, 1.165) is 6.21 Å². The molecule has 94 valence electrons. The van der Waals surface area contributed by atoms with Gasteiger partial charge in [-0.15, -0.1) is 0 Å². The van der Waals surface area contributed by atoms with Crippen LogP contribution >= 0.6 is 0 Å². The monoisotopic (exact) mass is 268 g/mol. The number of sulfonamides is 1. The summed E-state index contributed by atoms with van der Waals surface area (Å²) >= 11 is 0. The average molecular weight is 268 g/mol. The highest BCUT2D eigenvalue weighted by Gasteiger charge is 2.33. The molecule has 1 aromatic carbocycles. The zero-order valence-electron chi connectivity index (χ0n) is 8.90. The van der Waals surface area contributed by atoms with Crippen molar-refractivity contribution in [2.45, 2.75) is 0 Å². The molecule has 18 heavy (non-hydrogen) atoms. The summed E-state index contributed by atoms with van der Waals surface area (Å²) in [5, 5.41) is 9.39. The summed E-state index contributed by atoms with van der Waals surface area (Å²) in [5.41, 5.74) is 5.04. The van der Waals surface area contributed by atoms with Gasteiger partial charge in [0.05, 0.1) is 11.9 Å². The van der Waals surface area contributed by atoms with Crippen LogP contribution in [0.5, 0.6) is 11.5 Å². The van der Waals surface area contributed by atoms with Crippen molar-refractivity contribution in [3.05, 3.63) is 34.9 Å². The van der Waals surface area contributed by atoms with Crippen LogP contribution in [0, 0.1) is 0 Å². The fourth-order valence-corrected chi connectivity index (χ4v) is 2.26. The number of carbonyl (C=O) groups excluding carboxylic acids is 1. The predicted molar refractivity (Wildman–Crippen MR) is 62.4 cm³/mol. The fourth-order valence-electron chi connectivity index (χ4n) is 1.30. The number of hydrogen-bond donors (Lipinski definition) is 2. The maximum atomic E-state index is 11.7. The Morgan fingerprint density at radius 3 is 2.56 bits per heavy atom. The van der Waals surface area contributed by atoms with Crippen LogP contribution in [-0.4, -0.2) is 25.7 Å². The van der Waals surface area contributed by atoms with Crippen LogP contribution in [0.1, 0.15) is 0 Å². The average Bonchev–Trinajstić information content (AvgIpc) is 2.56. The molecule has 0 amide bonds. The molecule has 0 aromatic heterocycles. The summed E-state index contributed by atoms with van der Waals surface area (Å²) < 4.78 is 30.6. The van der Waals surface area contributed by atoms with Crippen LogP contribution in [0.4, 0.5) is 0 Å². The van der Waals surface area contributed by atoms with Gasteiger partial charge in [0.15, 0.2) is 16.4 Å². The standard InChI is InChI=1S/C10H8N2O5S/c11-6-5-12-18(15,16)9(6)10(14)17-8-4-2-1-3-7(8)13/h1-5,13H,11H2. The van der Waals surface area contributed by atoms with Crippen molar-refractivity contribution in [3.8, 4) is 11.5 Å². The summed E-state index contributed by atoms with van der Waals surface area (Å²) in [6.45, 7) is 0. The Morgan fingerprint density at radius 2 is 2.00 bits per heavy atom. The molecule has 0 fully saturated rings. The number of carbonyl (C=O) groups is 1. The number of phenols is 1. The first kappa shape index (κ1) is 12.1. The zero-order chi connectivity index (χ0) is 13.3. The van der Waals surface area contributed by atoms with Crippen LogP contribution in [-0.2, 0) is 14.8 Å². The molecule has 2 rings (SSSR count). The Bertz CT molecular complexity index is 675. The normalized spacial score (nSPS) is 16.9. The van der Waals surface area contributed by atoms with Gasteiger partial charge < -0.3 is 15.6 Å². The Kier molecular flexibility index (Phi) is 2.79. The molecular weight excluding hydrogens is 260 g/mol. The van der Waals surface area contributed by atoms with Crippen molar-refractivity contribution in [2.75, 3.05) is 0 Å².